The molecule has 1 saturated carbocycles. The molecule has 172 valence electrons. The van der Waals surface area contributed by atoms with Crippen LogP contribution in [0.15, 0.2) is 42.7 Å². The van der Waals surface area contributed by atoms with Crippen molar-refractivity contribution in [3.63, 3.8) is 0 Å². The number of hydrogen-bond donors (Lipinski definition) is 2. The second-order valence-corrected chi connectivity index (χ2v) is 8.77. The summed E-state index contributed by atoms with van der Waals surface area (Å²) in [6.45, 7) is 3.96. The van der Waals surface area contributed by atoms with E-state index in [9.17, 15) is 9.18 Å². The minimum atomic E-state index is -0.422. The molecule has 2 unspecified atom stereocenters. The van der Waals surface area contributed by atoms with E-state index in [1.807, 2.05) is 19.1 Å². The minimum absolute atomic E-state index is 0.0197. The Bertz CT molecular complexity index is 1410. The number of carbonyl (C=O) groups is 1. The Kier molecular flexibility index (Phi) is 5.79. The van der Waals surface area contributed by atoms with Crippen LogP contribution in [0.25, 0.3) is 10.9 Å². The molecule has 1 amide bonds. The highest BCUT2D eigenvalue weighted by Crippen LogP contribution is 2.46. The molecule has 10 heteroatoms. The average molecular weight is 478 g/mol. The van der Waals surface area contributed by atoms with Crippen LogP contribution >= 0.6 is 11.6 Å². The van der Waals surface area contributed by atoms with E-state index in [1.54, 1.807) is 25.3 Å². The topological polar surface area (TPSA) is 106 Å². The predicted octanol–water partition coefficient (Wildman–Crippen LogP) is 4.58. The number of pyridine rings is 1. The molecule has 0 radical (unpaired) electrons. The summed E-state index contributed by atoms with van der Waals surface area (Å²) < 4.78 is 14.4. The third-order valence-corrected chi connectivity index (χ3v) is 5.80. The van der Waals surface area contributed by atoms with Gasteiger partial charge < -0.3 is 10.6 Å². The van der Waals surface area contributed by atoms with Crippen LogP contribution < -0.4 is 10.6 Å². The number of nitrogens with one attached hydrogen (secondary N) is 2. The molecule has 1 aromatic carbocycles. The molecular weight excluding hydrogens is 457 g/mol. The Balaban J connectivity index is 1.26. The van der Waals surface area contributed by atoms with Crippen LogP contribution in [0.3, 0.4) is 0 Å². The van der Waals surface area contributed by atoms with Crippen molar-refractivity contribution < 1.29 is 9.18 Å². The van der Waals surface area contributed by atoms with E-state index in [0.717, 1.165) is 5.69 Å². The number of benzene rings is 1. The van der Waals surface area contributed by atoms with Crippen molar-refractivity contribution in [2.45, 2.75) is 32.7 Å². The highest BCUT2D eigenvalue weighted by Gasteiger charge is 2.46. The number of halogens is 2. The third-order valence-electron chi connectivity index (χ3n) is 5.60. The number of nitrogens with zero attached hydrogens (tertiary/aromatic N) is 5. The molecule has 0 aliphatic heterocycles. The Morgan fingerprint density at radius 3 is 2.76 bits per heavy atom. The zero-order valence-corrected chi connectivity index (χ0v) is 19.3. The third kappa shape index (κ3) is 4.79. The Hall–Kier alpha value is -3.72. The van der Waals surface area contributed by atoms with E-state index in [2.05, 4.69) is 35.6 Å². The molecule has 0 bridgehead atoms. The summed E-state index contributed by atoms with van der Waals surface area (Å²) in [5.74, 6) is 1.39. The molecular formula is C24H21ClFN7O. The summed E-state index contributed by atoms with van der Waals surface area (Å²) in [7, 11) is 0. The van der Waals surface area contributed by atoms with Gasteiger partial charge in [-0.15, -0.1) is 0 Å². The summed E-state index contributed by atoms with van der Waals surface area (Å²) >= 11 is 5.99. The van der Waals surface area contributed by atoms with Gasteiger partial charge in [-0.1, -0.05) is 11.6 Å². The molecule has 8 nitrogen and oxygen atoms in total. The van der Waals surface area contributed by atoms with E-state index in [1.165, 1.54) is 12.3 Å². The first kappa shape index (κ1) is 22.1. The monoisotopic (exact) mass is 477 g/mol. The van der Waals surface area contributed by atoms with Gasteiger partial charge in [0, 0.05) is 47.9 Å². The Morgan fingerprint density at radius 2 is 1.94 bits per heavy atom. The number of aromatic nitrogens is 5. The van der Waals surface area contributed by atoms with Gasteiger partial charge in [-0.3, -0.25) is 9.78 Å². The standard InChI is InChI=1S/C24H21ClFN7O/c1-12-3-4-27-23(30-12)17-8-18(17)24(34)33-21-9-20(31-13(2)32-21)28-10-14-5-15-7-16(25)11-29-22(15)19(26)6-14/h3-7,9,11,17-18H,8,10H2,1-2H3,(H2,28,31,32,33,34). The van der Waals surface area contributed by atoms with Crippen molar-refractivity contribution in [2.75, 3.05) is 10.6 Å². The summed E-state index contributed by atoms with van der Waals surface area (Å²) in [5.41, 5.74) is 1.85. The minimum Gasteiger partial charge on any atom is -0.366 e. The quantitative estimate of drug-likeness (QED) is 0.418. The van der Waals surface area contributed by atoms with E-state index < -0.39 is 5.82 Å². The van der Waals surface area contributed by atoms with Crippen molar-refractivity contribution in [3.8, 4) is 0 Å². The zero-order valence-electron chi connectivity index (χ0n) is 18.5. The molecule has 1 aliphatic rings. The Labute approximate surface area is 200 Å². The summed E-state index contributed by atoms with van der Waals surface area (Å²) in [6, 6.07) is 8.40. The largest absolute Gasteiger partial charge is 0.366 e. The number of fused-ring (bicyclic) bond motifs is 1. The first-order chi connectivity index (χ1) is 16.4. The number of anilines is 2. The van der Waals surface area contributed by atoms with Gasteiger partial charge in [0.2, 0.25) is 5.91 Å². The highest BCUT2D eigenvalue weighted by molar-refractivity contribution is 6.31. The van der Waals surface area contributed by atoms with Crippen LogP contribution in [0, 0.1) is 25.6 Å². The van der Waals surface area contributed by atoms with Crippen LogP contribution in [-0.2, 0) is 11.3 Å². The van der Waals surface area contributed by atoms with Crippen LogP contribution in [0.4, 0.5) is 16.0 Å². The first-order valence-corrected chi connectivity index (χ1v) is 11.2. The molecule has 3 heterocycles. The number of amides is 1. The van der Waals surface area contributed by atoms with Crippen LogP contribution in [-0.4, -0.2) is 30.8 Å². The molecule has 2 atom stereocenters. The zero-order chi connectivity index (χ0) is 23.8. The van der Waals surface area contributed by atoms with E-state index in [4.69, 9.17) is 11.6 Å². The molecule has 2 N–H and O–H groups in total. The maximum Gasteiger partial charge on any atom is 0.229 e. The summed E-state index contributed by atoms with van der Waals surface area (Å²) in [6.07, 6.45) is 3.84. The van der Waals surface area contributed by atoms with Crippen molar-refractivity contribution in [1.29, 1.82) is 0 Å². The molecule has 0 saturated heterocycles. The lowest BCUT2D eigenvalue weighted by Gasteiger charge is -2.11. The van der Waals surface area contributed by atoms with Crippen molar-refractivity contribution in [1.82, 2.24) is 24.9 Å². The Morgan fingerprint density at radius 1 is 1.12 bits per heavy atom. The fraction of sp³-hybridized carbons (Fsp3) is 0.250. The van der Waals surface area contributed by atoms with Crippen molar-refractivity contribution >= 4 is 40.0 Å². The fourth-order valence-electron chi connectivity index (χ4n) is 3.89. The molecule has 3 aromatic heterocycles. The van der Waals surface area contributed by atoms with Gasteiger partial charge in [0.15, 0.2) is 0 Å². The molecule has 34 heavy (non-hydrogen) atoms. The summed E-state index contributed by atoms with van der Waals surface area (Å²) in [5, 5.41) is 7.09. The van der Waals surface area contributed by atoms with Crippen LogP contribution in [0.1, 0.15) is 35.2 Å². The number of rotatable bonds is 6. The highest BCUT2D eigenvalue weighted by atomic mass is 35.5. The van der Waals surface area contributed by atoms with E-state index >= 15 is 0 Å². The van der Waals surface area contributed by atoms with Crippen molar-refractivity contribution in [3.05, 3.63) is 76.5 Å². The second-order valence-electron chi connectivity index (χ2n) is 8.34. The maximum absolute atomic E-state index is 14.4. The molecule has 1 aliphatic carbocycles. The van der Waals surface area contributed by atoms with Gasteiger partial charge in [0.25, 0.3) is 0 Å². The normalized spacial score (nSPS) is 16.9. The van der Waals surface area contributed by atoms with Gasteiger partial charge in [-0.05, 0) is 50.1 Å². The van der Waals surface area contributed by atoms with E-state index in [-0.39, 0.29) is 23.3 Å². The lowest BCUT2D eigenvalue weighted by Crippen LogP contribution is -2.17. The fourth-order valence-corrected chi connectivity index (χ4v) is 4.06. The van der Waals surface area contributed by atoms with Crippen LogP contribution in [0.5, 0.6) is 0 Å². The number of hydrogen-bond acceptors (Lipinski definition) is 7. The van der Waals surface area contributed by atoms with E-state index in [0.29, 0.717) is 52.2 Å². The smallest absolute Gasteiger partial charge is 0.229 e. The van der Waals surface area contributed by atoms with Crippen molar-refractivity contribution in [2.24, 2.45) is 5.92 Å². The van der Waals surface area contributed by atoms with Gasteiger partial charge >= 0.3 is 0 Å². The van der Waals surface area contributed by atoms with Gasteiger partial charge in [-0.2, -0.15) is 0 Å². The van der Waals surface area contributed by atoms with Crippen LogP contribution in [0.2, 0.25) is 5.02 Å². The first-order valence-electron chi connectivity index (χ1n) is 10.8. The average Bonchev–Trinajstić information content (AvgIpc) is 3.58. The molecule has 0 spiro atoms. The molecule has 1 fully saturated rings. The molecule has 5 rings (SSSR count). The predicted molar refractivity (Wildman–Crippen MR) is 127 cm³/mol. The van der Waals surface area contributed by atoms with Gasteiger partial charge in [0.05, 0.1) is 5.02 Å². The molecule has 4 aromatic rings. The summed E-state index contributed by atoms with van der Waals surface area (Å²) in [4.78, 5) is 34.2. The van der Waals surface area contributed by atoms with Gasteiger partial charge in [-0.25, -0.2) is 24.3 Å². The lowest BCUT2D eigenvalue weighted by molar-refractivity contribution is -0.117. The SMILES string of the molecule is Cc1ccnc(C2CC2C(=O)Nc2cc(NCc3cc(F)c4ncc(Cl)cc4c3)nc(C)n2)n1. The maximum atomic E-state index is 14.4. The number of carbonyl (C=O) groups excluding carboxylic acids is 1. The van der Waals surface area contributed by atoms with Gasteiger partial charge in [0.1, 0.15) is 34.6 Å². The lowest BCUT2D eigenvalue weighted by atomic mass is 10.1. The second kappa shape index (κ2) is 8.90. The number of aryl methyl sites for hydroxylation is 2.